The average Bonchev–Trinajstić information content (AvgIpc) is 3.04. The fourth-order valence-corrected chi connectivity index (χ4v) is 3.09. The third kappa shape index (κ3) is 4.03. The highest BCUT2D eigenvalue weighted by Gasteiger charge is 2.05. The van der Waals surface area contributed by atoms with E-state index in [9.17, 15) is 4.79 Å². The first-order chi connectivity index (χ1) is 13.2. The van der Waals surface area contributed by atoms with Crippen molar-refractivity contribution in [1.29, 1.82) is 0 Å². The number of imidazole rings is 1. The van der Waals surface area contributed by atoms with Crippen molar-refractivity contribution < 1.29 is 4.74 Å². The lowest BCUT2D eigenvalue weighted by Crippen LogP contribution is -2.03. The zero-order valence-electron chi connectivity index (χ0n) is 15.1. The van der Waals surface area contributed by atoms with Crippen LogP contribution >= 0.6 is 0 Å². The highest BCUT2D eigenvalue weighted by Crippen LogP contribution is 2.22. The van der Waals surface area contributed by atoms with Gasteiger partial charge in [-0.15, -0.1) is 0 Å². The molecule has 0 saturated heterocycles. The first kappa shape index (κ1) is 17.0. The summed E-state index contributed by atoms with van der Waals surface area (Å²) in [4.78, 5) is 16.9. The minimum atomic E-state index is -0.197. The van der Waals surface area contributed by atoms with Gasteiger partial charge < -0.3 is 20.0 Å². The van der Waals surface area contributed by atoms with Crippen LogP contribution < -0.4 is 15.7 Å². The van der Waals surface area contributed by atoms with Crippen LogP contribution in [0.2, 0.25) is 0 Å². The van der Waals surface area contributed by atoms with E-state index >= 15 is 0 Å². The van der Waals surface area contributed by atoms with Crippen molar-refractivity contribution in [1.82, 2.24) is 9.97 Å². The maximum atomic E-state index is 11.4. The van der Waals surface area contributed by atoms with Crippen LogP contribution in [0.15, 0.2) is 71.5 Å². The fraction of sp³-hybridized carbons (Fsp3) is 0.136. The predicted molar refractivity (Wildman–Crippen MR) is 108 cm³/mol. The molecule has 0 amide bonds. The second kappa shape index (κ2) is 7.41. The summed E-state index contributed by atoms with van der Waals surface area (Å²) in [6, 6.07) is 22.1. The molecule has 136 valence electrons. The summed E-state index contributed by atoms with van der Waals surface area (Å²) in [6.07, 6.45) is 0. The van der Waals surface area contributed by atoms with E-state index in [-0.39, 0.29) is 5.69 Å². The van der Waals surface area contributed by atoms with Gasteiger partial charge in [0.1, 0.15) is 12.4 Å². The number of aromatic nitrogens is 2. The third-order valence-corrected chi connectivity index (χ3v) is 4.45. The van der Waals surface area contributed by atoms with Crippen molar-refractivity contribution in [2.24, 2.45) is 0 Å². The maximum Gasteiger partial charge on any atom is 0.323 e. The van der Waals surface area contributed by atoms with E-state index < -0.39 is 0 Å². The molecule has 4 rings (SSSR count). The molecule has 0 atom stereocenters. The van der Waals surface area contributed by atoms with Crippen LogP contribution in [-0.4, -0.2) is 9.97 Å². The molecule has 1 heterocycles. The van der Waals surface area contributed by atoms with Crippen molar-refractivity contribution in [2.45, 2.75) is 20.1 Å². The number of para-hydroxylation sites is 1. The number of rotatable bonds is 6. The van der Waals surface area contributed by atoms with Gasteiger partial charge in [0, 0.05) is 17.8 Å². The molecule has 4 aromatic rings. The van der Waals surface area contributed by atoms with Gasteiger partial charge in [0.05, 0.1) is 11.0 Å². The van der Waals surface area contributed by atoms with Gasteiger partial charge in [0.15, 0.2) is 0 Å². The summed E-state index contributed by atoms with van der Waals surface area (Å²) < 4.78 is 6.05. The highest BCUT2D eigenvalue weighted by molar-refractivity contribution is 5.78. The number of nitrogens with one attached hydrogen (secondary N) is 3. The fourth-order valence-electron chi connectivity index (χ4n) is 3.09. The molecular formula is C22H21N3O2. The van der Waals surface area contributed by atoms with Crippen LogP contribution in [0.3, 0.4) is 0 Å². The molecule has 0 aliphatic rings. The number of anilines is 1. The first-order valence-electron chi connectivity index (χ1n) is 8.89. The van der Waals surface area contributed by atoms with Gasteiger partial charge in [-0.3, -0.25) is 0 Å². The van der Waals surface area contributed by atoms with E-state index in [1.165, 1.54) is 5.56 Å². The highest BCUT2D eigenvalue weighted by atomic mass is 16.5. The molecule has 0 radical (unpaired) electrons. The van der Waals surface area contributed by atoms with Crippen molar-refractivity contribution >= 4 is 16.7 Å². The Hall–Kier alpha value is -3.47. The minimum absolute atomic E-state index is 0.197. The molecule has 0 spiro atoms. The molecule has 0 aliphatic heterocycles. The van der Waals surface area contributed by atoms with Crippen LogP contribution in [0.5, 0.6) is 5.75 Å². The molecule has 3 aromatic carbocycles. The SMILES string of the molecule is Cc1cccc(COc2ccccc2CNc2ccc3[nH]c(=O)[nH]c3c2)c1. The lowest BCUT2D eigenvalue weighted by atomic mass is 10.1. The number of hydrogen-bond donors (Lipinski definition) is 3. The second-order valence-corrected chi connectivity index (χ2v) is 6.58. The lowest BCUT2D eigenvalue weighted by molar-refractivity contribution is 0.303. The van der Waals surface area contributed by atoms with Crippen LogP contribution in [0, 0.1) is 6.92 Å². The number of ether oxygens (including phenoxy) is 1. The zero-order valence-corrected chi connectivity index (χ0v) is 15.1. The summed E-state index contributed by atoms with van der Waals surface area (Å²) >= 11 is 0. The van der Waals surface area contributed by atoms with Crippen molar-refractivity contribution in [3.8, 4) is 5.75 Å². The Balaban J connectivity index is 1.46. The summed E-state index contributed by atoms with van der Waals surface area (Å²) in [5, 5.41) is 3.39. The average molecular weight is 359 g/mol. The number of benzene rings is 3. The standard InChI is InChI=1S/C22H21N3O2/c1-15-5-4-6-16(11-15)14-27-21-8-3-2-7-17(21)13-23-18-9-10-19-20(12-18)25-22(26)24-19/h2-12,23H,13-14H2,1H3,(H2,24,25,26). The second-order valence-electron chi connectivity index (χ2n) is 6.58. The predicted octanol–water partition coefficient (Wildman–Crippen LogP) is 4.36. The van der Waals surface area contributed by atoms with E-state index in [4.69, 9.17) is 4.74 Å². The number of H-pyrrole nitrogens is 2. The summed E-state index contributed by atoms with van der Waals surface area (Å²) in [5.74, 6) is 0.864. The molecule has 0 bridgehead atoms. The molecule has 3 N–H and O–H groups in total. The Labute approximate surface area is 157 Å². The molecule has 1 aromatic heterocycles. The maximum absolute atomic E-state index is 11.4. The third-order valence-electron chi connectivity index (χ3n) is 4.45. The van der Waals surface area contributed by atoms with Crippen LogP contribution in [0.4, 0.5) is 5.69 Å². The number of hydrogen-bond acceptors (Lipinski definition) is 3. The molecular weight excluding hydrogens is 338 g/mol. The monoisotopic (exact) mass is 359 g/mol. The lowest BCUT2D eigenvalue weighted by Gasteiger charge is -2.13. The normalized spacial score (nSPS) is 10.9. The number of aryl methyl sites for hydroxylation is 1. The summed E-state index contributed by atoms with van der Waals surface area (Å²) in [6.45, 7) is 3.25. The van der Waals surface area contributed by atoms with Gasteiger partial charge in [-0.2, -0.15) is 0 Å². The topological polar surface area (TPSA) is 69.9 Å². The Kier molecular flexibility index (Phi) is 4.66. The summed E-state index contributed by atoms with van der Waals surface area (Å²) in [7, 11) is 0. The van der Waals surface area contributed by atoms with E-state index in [0.29, 0.717) is 13.2 Å². The van der Waals surface area contributed by atoms with Crippen LogP contribution in [0.1, 0.15) is 16.7 Å². The van der Waals surface area contributed by atoms with E-state index in [0.717, 1.165) is 33.6 Å². The Morgan fingerprint density at radius 2 is 1.78 bits per heavy atom. The number of fused-ring (bicyclic) bond motifs is 1. The molecule has 0 unspecified atom stereocenters. The van der Waals surface area contributed by atoms with Crippen molar-refractivity contribution in [3.05, 3.63) is 93.9 Å². The Morgan fingerprint density at radius 3 is 2.67 bits per heavy atom. The largest absolute Gasteiger partial charge is 0.489 e. The smallest absolute Gasteiger partial charge is 0.323 e. The van der Waals surface area contributed by atoms with Gasteiger partial charge in [-0.25, -0.2) is 4.79 Å². The minimum Gasteiger partial charge on any atom is -0.489 e. The van der Waals surface area contributed by atoms with E-state index in [1.807, 2.05) is 42.5 Å². The van der Waals surface area contributed by atoms with Crippen LogP contribution in [-0.2, 0) is 13.2 Å². The Bertz CT molecular complexity index is 1130. The van der Waals surface area contributed by atoms with E-state index in [2.05, 4.69) is 46.5 Å². The number of aromatic amines is 2. The van der Waals surface area contributed by atoms with Crippen molar-refractivity contribution in [3.63, 3.8) is 0 Å². The molecule has 0 fully saturated rings. The first-order valence-corrected chi connectivity index (χ1v) is 8.89. The van der Waals surface area contributed by atoms with Crippen LogP contribution in [0.25, 0.3) is 11.0 Å². The van der Waals surface area contributed by atoms with Gasteiger partial charge in [-0.1, -0.05) is 48.0 Å². The van der Waals surface area contributed by atoms with Gasteiger partial charge in [0.25, 0.3) is 0 Å². The van der Waals surface area contributed by atoms with Gasteiger partial charge in [0.2, 0.25) is 0 Å². The molecule has 5 heteroatoms. The van der Waals surface area contributed by atoms with Gasteiger partial charge in [-0.05, 0) is 36.8 Å². The van der Waals surface area contributed by atoms with Gasteiger partial charge >= 0.3 is 5.69 Å². The summed E-state index contributed by atoms with van der Waals surface area (Å²) in [5.41, 5.74) is 5.78. The molecule has 0 saturated carbocycles. The molecule has 27 heavy (non-hydrogen) atoms. The van der Waals surface area contributed by atoms with E-state index in [1.54, 1.807) is 0 Å². The molecule has 0 aliphatic carbocycles. The molecule has 5 nitrogen and oxygen atoms in total. The Morgan fingerprint density at radius 1 is 0.926 bits per heavy atom. The quantitative estimate of drug-likeness (QED) is 0.479. The van der Waals surface area contributed by atoms with Crippen molar-refractivity contribution in [2.75, 3.05) is 5.32 Å². The zero-order chi connectivity index (χ0) is 18.6.